The molecule has 0 aromatic carbocycles. The van der Waals surface area contributed by atoms with Crippen LogP contribution in [-0.2, 0) is 14.3 Å². The van der Waals surface area contributed by atoms with Crippen LogP contribution in [0.25, 0.3) is 0 Å². The molecule has 0 aromatic rings. The minimum Gasteiger partial charge on any atom is -0.481 e. The summed E-state index contributed by atoms with van der Waals surface area (Å²) in [7, 11) is 0. The second-order valence-corrected chi connectivity index (χ2v) is 6.05. The number of rotatable bonds is 6. The van der Waals surface area contributed by atoms with Crippen LogP contribution in [0.3, 0.4) is 0 Å². The van der Waals surface area contributed by atoms with Gasteiger partial charge in [0.15, 0.2) is 0 Å². The van der Waals surface area contributed by atoms with Gasteiger partial charge in [-0.3, -0.25) is 9.59 Å². The molecule has 0 amide bonds. The Morgan fingerprint density at radius 1 is 0.947 bits per heavy atom. The quantitative estimate of drug-likeness (QED) is 0.752. The van der Waals surface area contributed by atoms with Crippen molar-refractivity contribution in [1.29, 1.82) is 0 Å². The second kappa shape index (κ2) is 10.8. The van der Waals surface area contributed by atoms with Crippen LogP contribution in [0.4, 0.5) is 0 Å². The first-order valence-corrected chi connectivity index (χ1v) is 6.97. The third-order valence-electron chi connectivity index (χ3n) is 2.28. The number of ether oxygens (including phenoxy) is 1. The molecule has 0 aliphatic carbocycles. The van der Waals surface area contributed by atoms with Gasteiger partial charge in [-0.1, -0.05) is 48.5 Å². The van der Waals surface area contributed by atoms with Gasteiger partial charge in [0.1, 0.15) is 0 Å². The van der Waals surface area contributed by atoms with Crippen molar-refractivity contribution in [3.8, 4) is 0 Å². The van der Waals surface area contributed by atoms with Crippen LogP contribution in [0.2, 0.25) is 0 Å². The van der Waals surface area contributed by atoms with Gasteiger partial charge in [-0.15, -0.1) is 0 Å². The maximum atomic E-state index is 10.8. The van der Waals surface area contributed by atoms with Gasteiger partial charge in [-0.05, 0) is 18.3 Å². The topological polar surface area (TPSA) is 63.6 Å². The lowest BCUT2D eigenvalue weighted by molar-refractivity contribution is -0.148. The van der Waals surface area contributed by atoms with Crippen molar-refractivity contribution in [3.63, 3.8) is 0 Å². The highest BCUT2D eigenvalue weighted by Gasteiger charge is 2.11. The SMILES string of the molecule is CC(C)CC(C)C(=O)O.CC(C)COC(=O)C(C)C. The van der Waals surface area contributed by atoms with Crippen LogP contribution in [-0.4, -0.2) is 23.7 Å². The molecule has 0 aliphatic rings. The van der Waals surface area contributed by atoms with Crippen molar-refractivity contribution in [3.05, 3.63) is 0 Å². The normalized spacial score (nSPS) is 12.1. The highest BCUT2D eigenvalue weighted by Crippen LogP contribution is 2.09. The molecule has 19 heavy (non-hydrogen) atoms. The molecule has 114 valence electrons. The Morgan fingerprint density at radius 3 is 1.63 bits per heavy atom. The van der Waals surface area contributed by atoms with Gasteiger partial charge in [-0.2, -0.15) is 0 Å². The molecule has 0 aliphatic heterocycles. The minimum absolute atomic E-state index is 0.00116. The number of carbonyl (C=O) groups is 2. The highest BCUT2D eigenvalue weighted by molar-refractivity contribution is 5.71. The number of carbonyl (C=O) groups excluding carboxylic acids is 1. The molecule has 0 spiro atoms. The lowest BCUT2D eigenvalue weighted by Crippen LogP contribution is -2.14. The van der Waals surface area contributed by atoms with Gasteiger partial charge in [0.25, 0.3) is 0 Å². The van der Waals surface area contributed by atoms with E-state index in [4.69, 9.17) is 9.84 Å². The first kappa shape index (κ1) is 20.3. The fourth-order valence-electron chi connectivity index (χ4n) is 1.22. The lowest BCUT2D eigenvalue weighted by atomic mass is 9.99. The first-order valence-electron chi connectivity index (χ1n) is 6.97. The Kier molecular flexibility index (Phi) is 11.5. The maximum Gasteiger partial charge on any atom is 0.308 e. The number of carboxylic acids is 1. The molecule has 0 aromatic heterocycles. The smallest absolute Gasteiger partial charge is 0.308 e. The van der Waals surface area contributed by atoms with Gasteiger partial charge in [0.05, 0.1) is 18.4 Å². The number of carboxylic acid groups (broad SMARTS) is 1. The Labute approximate surface area is 117 Å². The van der Waals surface area contributed by atoms with Gasteiger partial charge in [-0.25, -0.2) is 0 Å². The van der Waals surface area contributed by atoms with Crippen LogP contribution in [0.5, 0.6) is 0 Å². The summed E-state index contributed by atoms with van der Waals surface area (Å²) in [5, 5.41) is 8.43. The van der Waals surface area contributed by atoms with E-state index in [1.165, 1.54) is 0 Å². The monoisotopic (exact) mass is 274 g/mol. The Hall–Kier alpha value is -1.06. The summed E-state index contributed by atoms with van der Waals surface area (Å²) in [4.78, 5) is 21.1. The molecule has 1 N–H and O–H groups in total. The summed E-state index contributed by atoms with van der Waals surface area (Å²) in [5.41, 5.74) is 0. The number of hydrogen-bond acceptors (Lipinski definition) is 3. The Morgan fingerprint density at radius 2 is 1.42 bits per heavy atom. The molecule has 0 fully saturated rings. The molecule has 0 heterocycles. The zero-order valence-electron chi connectivity index (χ0n) is 13.4. The predicted octanol–water partition coefficient (Wildman–Crippen LogP) is 3.59. The van der Waals surface area contributed by atoms with Gasteiger partial charge >= 0.3 is 11.9 Å². The summed E-state index contributed by atoms with van der Waals surface area (Å²) < 4.78 is 4.93. The van der Waals surface area contributed by atoms with Crippen molar-refractivity contribution in [2.24, 2.45) is 23.7 Å². The third-order valence-corrected chi connectivity index (χ3v) is 2.28. The zero-order chi connectivity index (χ0) is 15.6. The number of esters is 1. The van der Waals surface area contributed by atoms with E-state index < -0.39 is 5.97 Å². The Balaban J connectivity index is 0. The van der Waals surface area contributed by atoms with E-state index in [0.29, 0.717) is 18.4 Å². The standard InChI is InChI=1S/C8H16O2.C7H14O2/c1-6(2)5-10-8(9)7(3)4;1-5(2)4-6(3)7(8)9/h6-7H,5H2,1-4H3;5-6H,4H2,1-3H3,(H,8,9). The van der Waals surface area contributed by atoms with Crippen LogP contribution in [0.15, 0.2) is 0 Å². The fraction of sp³-hybridized carbons (Fsp3) is 0.867. The van der Waals surface area contributed by atoms with Crippen molar-refractivity contribution in [1.82, 2.24) is 0 Å². The van der Waals surface area contributed by atoms with E-state index >= 15 is 0 Å². The summed E-state index contributed by atoms with van der Waals surface area (Å²) in [6.45, 7) is 14.0. The van der Waals surface area contributed by atoms with Gasteiger partial charge in [0, 0.05) is 0 Å². The molecule has 1 atom stereocenters. The van der Waals surface area contributed by atoms with E-state index in [1.54, 1.807) is 6.92 Å². The van der Waals surface area contributed by atoms with Crippen LogP contribution >= 0.6 is 0 Å². The lowest BCUT2D eigenvalue weighted by Gasteiger charge is -2.08. The molecular formula is C15H30O4. The predicted molar refractivity (Wildman–Crippen MR) is 76.9 cm³/mol. The zero-order valence-corrected chi connectivity index (χ0v) is 13.4. The summed E-state index contributed by atoms with van der Waals surface area (Å²) in [6, 6.07) is 0. The molecule has 0 rings (SSSR count). The highest BCUT2D eigenvalue weighted by atomic mass is 16.5. The molecule has 4 heteroatoms. The van der Waals surface area contributed by atoms with Crippen LogP contribution in [0.1, 0.15) is 54.9 Å². The molecular weight excluding hydrogens is 244 g/mol. The van der Waals surface area contributed by atoms with Crippen molar-refractivity contribution >= 4 is 11.9 Å². The van der Waals surface area contributed by atoms with E-state index in [-0.39, 0.29) is 17.8 Å². The van der Waals surface area contributed by atoms with Crippen LogP contribution < -0.4 is 0 Å². The third kappa shape index (κ3) is 14.9. The average molecular weight is 274 g/mol. The molecule has 4 nitrogen and oxygen atoms in total. The number of aliphatic carboxylic acids is 1. The molecule has 0 saturated carbocycles. The van der Waals surface area contributed by atoms with E-state index in [9.17, 15) is 9.59 Å². The Bertz CT molecular complexity index is 257. The van der Waals surface area contributed by atoms with Crippen molar-refractivity contribution < 1.29 is 19.4 Å². The van der Waals surface area contributed by atoms with Crippen LogP contribution in [0, 0.1) is 23.7 Å². The second-order valence-electron chi connectivity index (χ2n) is 6.05. The van der Waals surface area contributed by atoms with E-state index in [1.807, 2.05) is 41.5 Å². The molecule has 0 saturated heterocycles. The molecule has 1 unspecified atom stereocenters. The summed E-state index contributed by atoms with van der Waals surface area (Å²) in [5.74, 6) is -0.0695. The van der Waals surface area contributed by atoms with Crippen molar-refractivity contribution in [2.45, 2.75) is 54.9 Å². The first-order chi connectivity index (χ1) is 8.57. The molecule has 0 radical (unpaired) electrons. The van der Waals surface area contributed by atoms with E-state index in [0.717, 1.165) is 6.42 Å². The maximum absolute atomic E-state index is 10.8. The van der Waals surface area contributed by atoms with Gasteiger partial charge < -0.3 is 9.84 Å². The fourth-order valence-corrected chi connectivity index (χ4v) is 1.22. The summed E-state index contributed by atoms with van der Waals surface area (Å²) in [6.07, 6.45) is 0.773. The van der Waals surface area contributed by atoms with Gasteiger partial charge in [0.2, 0.25) is 0 Å². The largest absolute Gasteiger partial charge is 0.481 e. The summed E-state index contributed by atoms with van der Waals surface area (Å²) >= 11 is 0. The van der Waals surface area contributed by atoms with Crippen molar-refractivity contribution in [2.75, 3.05) is 6.61 Å². The minimum atomic E-state index is -0.691. The molecule has 0 bridgehead atoms. The number of hydrogen-bond donors (Lipinski definition) is 1. The van der Waals surface area contributed by atoms with E-state index in [2.05, 4.69) is 0 Å². The average Bonchev–Trinajstić information content (AvgIpc) is 2.25.